The molecule has 0 saturated carbocycles. The van der Waals surface area contributed by atoms with Crippen molar-refractivity contribution in [2.24, 2.45) is 0 Å². The van der Waals surface area contributed by atoms with Crippen LogP contribution in [0.3, 0.4) is 0 Å². The van der Waals surface area contributed by atoms with E-state index in [1.54, 1.807) is 13.8 Å². The van der Waals surface area contributed by atoms with E-state index in [9.17, 15) is 22.8 Å². The molecule has 0 spiro atoms. The van der Waals surface area contributed by atoms with Crippen LogP contribution >= 0.6 is 0 Å². The van der Waals surface area contributed by atoms with Gasteiger partial charge in [0.05, 0.1) is 35.8 Å². The first-order valence-corrected chi connectivity index (χ1v) is 14.2. The van der Waals surface area contributed by atoms with Gasteiger partial charge in [-0.05, 0) is 38.0 Å². The molecule has 1 N–H and O–H groups in total. The molecule has 0 saturated heterocycles. The van der Waals surface area contributed by atoms with Gasteiger partial charge < -0.3 is 9.47 Å². The molecule has 200 valence electrons. The highest BCUT2D eigenvalue weighted by atomic mass is 32.2. The monoisotopic (exact) mass is 538 g/mol. The highest BCUT2D eigenvalue weighted by Gasteiger charge is 2.43. The van der Waals surface area contributed by atoms with E-state index >= 15 is 0 Å². The third kappa shape index (κ3) is 5.22. The lowest BCUT2D eigenvalue weighted by molar-refractivity contribution is -0.119. The second-order valence-corrected chi connectivity index (χ2v) is 10.5. The highest BCUT2D eigenvalue weighted by Crippen LogP contribution is 2.46. The summed E-state index contributed by atoms with van der Waals surface area (Å²) in [6.07, 6.45) is 1.51. The Morgan fingerprint density at radius 3 is 1.84 bits per heavy atom. The topological polar surface area (TPSA) is 119 Å². The molecule has 0 unspecified atom stereocenters. The Bertz CT molecular complexity index is 1430. The SMILES string of the molecule is CCCCC(=O)NS(=O)(=O)Cc1ccc(N2C(=O)c3c(c(OCC)c4ccccc4c3OCC)C2=O)cc1. The molecule has 0 aliphatic carbocycles. The minimum atomic E-state index is -3.89. The predicted molar refractivity (Wildman–Crippen MR) is 144 cm³/mol. The molecule has 1 heterocycles. The molecule has 0 atom stereocenters. The zero-order valence-electron chi connectivity index (χ0n) is 21.6. The number of anilines is 1. The second-order valence-electron chi connectivity index (χ2n) is 8.82. The number of ether oxygens (including phenoxy) is 2. The Hall–Kier alpha value is -3.92. The molecule has 0 aromatic heterocycles. The molecule has 3 aromatic carbocycles. The standard InChI is InChI=1S/C28H30N2O7S/c1-4-7-12-22(31)29-38(34,35)17-18-13-15-19(16-14-18)30-27(32)23-24(28(30)33)26(37-6-3)21-11-9-8-10-20(21)25(23)36-5-2/h8-11,13-16H,4-7,12,17H2,1-3H3,(H,29,31). The van der Waals surface area contributed by atoms with E-state index in [4.69, 9.17) is 9.47 Å². The average molecular weight is 539 g/mol. The van der Waals surface area contributed by atoms with Crippen LogP contribution in [0.4, 0.5) is 5.69 Å². The van der Waals surface area contributed by atoms with Gasteiger partial charge in [0.25, 0.3) is 11.8 Å². The van der Waals surface area contributed by atoms with Gasteiger partial charge in [0.2, 0.25) is 15.9 Å². The van der Waals surface area contributed by atoms with E-state index in [0.29, 0.717) is 47.5 Å². The second kappa shape index (κ2) is 11.2. The number of imide groups is 1. The van der Waals surface area contributed by atoms with Crippen LogP contribution in [0.5, 0.6) is 11.5 Å². The van der Waals surface area contributed by atoms with Crippen molar-refractivity contribution in [1.82, 2.24) is 4.72 Å². The number of sulfonamides is 1. The van der Waals surface area contributed by atoms with Gasteiger partial charge in [-0.15, -0.1) is 0 Å². The van der Waals surface area contributed by atoms with Gasteiger partial charge >= 0.3 is 0 Å². The van der Waals surface area contributed by atoms with Gasteiger partial charge in [-0.1, -0.05) is 49.7 Å². The number of amides is 3. The van der Waals surface area contributed by atoms with Crippen LogP contribution in [0.1, 0.15) is 66.3 Å². The molecule has 3 amide bonds. The van der Waals surface area contributed by atoms with Gasteiger partial charge in [-0.2, -0.15) is 0 Å². The van der Waals surface area contributed by atoms with Crippen molar-refractivity contribution in [3.05, 3.63) is 65.2 Å². The zero-order valence-corrected chi connectivity index (χ0v) is 22.4. The van der Waals surface area contributed by atoms with Crippen LogP contribution < -0.4 is 19.1 Å². The smallest absolute Gasteiger partial charge is 0.270 e. The maximum atomic E-state index is 13.7. The fourth-order valence-corrected chi connectivity index (χ4v) is 5.63. The van der Waals surface area contributed by atoms with Crippen LogP contribution in [0.15, 0.2) is 48.5 Å². The number of benzene rings is 3. The van der Waals surface area contributed by atoms with Crippen molar-refractivity contribution in [3.8, 4) is 11.5 Å². The number of carbonyl (C=O) groups excluding carboxylic acids is 3. The molecule has 1 aliphatic rings. The number of nitrogens with one attached hydrogen (secondary N) is 1. The van der Waals surface area contributed by atoms with Crippen molar-refractivity contribution in [2.45, 2.75) is 45.8 Å². The summed E-state index contributed by atoms with van der Waals surface area (Å²) >= 11 is 0. The van der Waals surface area contributed by atoms with E-state index in [-0.39, 0.29) is 23.2 Å². The van der Waals surface area contributed by atoms with Crippen LogP contribution in [0.2, 0.25) is 0 Å². The Kier molecular flexibility index (Phi) is 8.01. The third-order valence-corrected chi connectivity index (χ3v) is 7.36. The van der Waals surface area contributed by atoms with Crippen molar-refractivity contribution < 1.29 is 32.3 Å². The molecule has 0 fully saturated rings. The lowest BCUT2D eigenvalue weighted by atomic mass is 9.99. The summed E-state index contributed by atoms with van der Waals surface area (Å²) in [4.78, 5) is 40.2. The third-order valence-electron chi connectivity index (χ3n) is 6.11. The highest BCUT2D eigenvalue weighted by molar-refractivity contribution is 7.89. The molecular weight excluding hydrogens is 508 g/mol. The maximum Gasteiger partial charge on any atom is 0.270 e. The molecule has 10 heteroatoms. The number of nitrogens with zero attached hydrogens (tertiary/aromatic N) is 1. The predicted octanol–water partition coefficient (Wildman–Crippen LogP) is 4.57. The van der Waals surface area contributed by atoms with E-state index in [1.165, 1.54) is 24.3 Å². The summed E-state index contributed by atoms with van der Waals surface area (Å²) in [5.41, 5.74) is 0.955. The van der Waals surface area contributed by atoms with Crippen LogP contribution in [0, 0.1) is 0 Å². The molecule has 3 aromatic rings. The van der Waals surface area contributed by atoms with E-state index in [0.717, 1.165) is 11.3 Å². The van der Waals surface area contributed by atoms with E-state index in [1.807, 2.05) is 31.2 Å². The van der Waals surface area contributed by atoms with Crippen LogP contribution in [-0.4, -0.2) is 39.4 Å². The normalized spacial score (nSPS) is 13.1. The van der Waals surface area contributed by atoms with Crippen LogP contribution in [0.25, 0.3) is 10.8 Å². The number of carbonyl (C=O) groups is 3. The summed E-state index contributed by atoms with van der Waals surface area (Å²) in [7, 11) is -3.89. The fraction of sp³-hybridized carbons (Fsp3) is 0.321. The Morgan fingerprint density at radius 1 is 0.842 bits per heavy atom. The average Bonchev–Trinajstić information content (AvgIpc) is 3.14. The Balaban J connectivity index is 1.68. The number of unbranched alkanes of at least 4 members (excludes halogenated alkanes) is 1. The van der Waals surface area contributed by atoms with Gasteiger partial charge in [0, 0.05) is 17.2 Å². The molecule has 9 nitrogen and oxygen atoms in total. The first-order chi connectivity index (χ1) is 18.2. The summed E-state index contributed by atoms with van der Waals surface area (Å²) in [5.74, 6) is -1.42. The van der Waals surface area contributed by atoms with Gasteiger partial charge in [0.1, 0.15) is 11.5 Å². The quantitative estimate of drug-likeness (QED) is 0.355. The Labute approximate surface area is 221 Å². The summed E-state index contributed by atoms with van der Waals surface area (Å²) in [6, 6.07) is 13.3. The van der Waals surface area contributed by atoms with Crippen LogP contribution in [-0.2, 0) is 20.6 Å². The van der Waals surface area contributed by atoms with Crippen molar-refractivity contribution in [2.75, 3.05) is 18.1 Å². The zero-order chi connectivity index (χ0) is 27.4. The number of fused-ring (bicyclic) bond motifs is 2. The minimum absolute atomic E-state index is 0.136. The first-order valence-electron chi connectivity index (χ1n) is 12.6. The number of rotatable bonds is 11. The largest absolute Gasteiger partial charge is 0.492 e. The molecule has 0 radical (unpaired) electrons. The molecule has 1 aliphatic heterocycles. The Morgan fingerprint density at radius 2 is 1.37 bits per heavy atom. The molecule has 38 heavy (non-hydrogen) atoms. The first kappa shape index (κ1) is 27.1. The van der Waals surface area contributed by atoms with E-state index < -0.39 is 33.5 Å². The summed E-state index contributed by atoms with van der Waals surface area (Å²) < 4.78 is 38.6. The van der Waals surface area contributed by atoms with Crippen molar-refractivity contribution in [3.63, 3.8) is 0 Å². The van der Waals surface area contributed by atoms with Gasteiger partial charge in [-0.25, -0.2) is 13.3 Å². The number of hydrogen-bond acceptors (Lipinski definition) is 7. The maximum absolute atomic E-state index is 13.7. The molecule has 0 bridgehead atoms. The lowest BCUT2D eigenvalue weighted by Gasteiger charge is -2.15. The summed E-state index contributed by atoms with van der Waals surface area (Å²) in [5, 5.41) is 1.34. The minimum Gasteiger partial charge on any atom is -0.492 e. The van der Waals surface area contributed by atoms with Gasteiger partial charge in [0.15, 0.2) is 0 Å². The lowest BCUT2D eigenvalue weighted by Crippen LogP contribution is -2.31. The fourth-order valence-electron chi connectivity index (χ4n) is 4.48. The van der Waals surface area contributed by atoms with E-state index in [2.05, 4.69) is 4.72 Å². The van der Waals surface area contributed by atoms with Gasteiger partial charge in [-0.3, -0.25) is 19.1 Å². The molecular formula is C28H30N2O7S. The summed E-state index contributed by atoms with van der Waals surface area (Å²) in [6.45, 7) is 6.11. The number of hydrogen-bond donors (Lipinski definition) is 1. The molecule has 4 rings (SSSR count). The van der Waals surface area contributed by atoms with Crippen molar-refractivity contribution in [1.29, 1.82) is 0 Å². The van der Waals surface area contributed by atoms with Crippen molar-refractivity contribution >= 4 is 44.2 Å².